The number of aryl methyl sites for hydroxylation is 1. The van der Waals surface area contributed by atoms with Crippen LogP contribution in [0.1, 0.15) is 35.2 Å². The number of ether oxygens (including phenoxy) is 1. The molecule has 1 aliphatic heterocycles. The summed E-state index contributed by atoms with van der Waals surface area (Å²) >= 11 is 0. The van der Waals surface area contributed by atoms with Gasteiger partial charge < -0.3 is 10.5 Å². The summed E-state index contributed by atoms with van der Waals surface area (Å²) in [4.78, 5) is 0. The molecule has 0 saturated heterocycles. The van der Waals surface area contributed by atoms with Crippen molar-refractivity contribution >= 4 is 0 Å². The van der Waals surface area contributed by atoms with E-state index in [0.29, 0.717) is 6.61 Å². The maximum absolute atomic E-state index is 6.13. The van der Waals surface area contributed by atoms with Crippen LogP contribution in [-0.2, 0) is 11.3 Å². The van der Waals surface area contributed by atoms with Crippen molar-refractivity contribution in [1.82, 2.24) is 0 Å². The number of hydrogen-bond acceptors (Lipinski definition) is 2. The van der Waals surface area contributed by atoms with Gasteiger partial charge in [-0.05, 0) is 43.0 Å². The van der Waals surface area contributed by atoms with Crippen LogP contribution in [0.2, 0.25) is 0 Å². The maximum Gasteiger partial charge on any atom is 0.0744 e. The van der Waals surface area contributed by atoms with E-state index in [1.165, 1.54) is 22.3 Å². The summed E-state index contributed by atoms with van der Waals surface area (Å²) in [5, 5.41) is 0. The molecule has 1 aromatic carbocycles. The molecule has 2 atom stereocenters. The lowest BCUT2D eigenvalue weighted by molar-refractivity contribution is 0.0211. The average Bonchev–Trinajstić information content (AvgIpc) is 2.17. The molecule has 0 aliphatic carbocycles. The molecule has 0 radical (unpaired) electrons. The van der Waals surface area contributed by atoms with Gasteiger partial charge in [-0.1, -0.05) is 12.1 Å². The van der Waals surface area contributed by atoms with Crippen LogP contribution >= 0.6 is 0 Å². The van der Waals surface area contributed by atoms with Crippen molar-refractivity contribution in [2.75, 3.05) is 0 Å². The number of fused-ring (bicyclic) bond motifs is 1. The Balaban J connectivity index is 2.56. The fourth-order valence-corrected chi connectivity index (χ4v) is 2.04. The lowest BCUT2D eigenvalue weighted by atomic mass is 9.89. The van der Waals surface area contributed by atoms with Crippen LogP contribution in [0.15, 0.2) is 12.1 Å². The van der Waals surface area contributed by atoms with Crippen LogP contribution in [0, 0.1) is 13.8 Å². The standard InChI is InChI=1S/C12H17NO/c1-7-4-5-10-6-14-9(3)12(13)11(10)8(7)2/h4-5,9,12H,6,13H2,1-3H3/t9-,12?/m0/s1. The number of benzene rings is 1. The first-order valence-electron chi connectivity index (χ1n) is 5.07. The highest BCUT2D eigenvalue weighted by Crippen LogP contribution is 2.31. The van der Waals surface area contributed by atoms with E-state index in [1.807, 2.05) is 6.92 Å². The number of hydrogen-bond donors (Lipinski definition) is 1. The molecule has 1 unspecified atom stereocenters. The van der Waals surface area contributed by atoms with Gasteiger partial charge in [0.15, 0.2) is 0 Å². The Hall–Kier alpha value is -0.860. The second-order valence-corrected chi connectivity index (χ2v) is 4.12. The molecule has 2 N–H and O–H groups in total. The fraction of sp³-hybridized carbons (Fsp3) is 0.500. The minimum atomic E-state index is 0.0265. The molecule has 2 nitrogen and oxygen atoms in total. The highest BCUT2D eigenvalue weighted by atomic mass is 16.5. The van der Waals surface area contributed by atoms with Crippen molar-refractivity contribution < 1.29 is 4.74 Å². The van der Waals surface area contributed by atoms with Gasteiger partial charge in [0.1, 0.15) is 0 Å². The van der Waals surface area contributed by atoms with Crippen LogP contribution in [0.3, 0.4) is 0 Å². The van der Waals surface area contributed by atoms with Crippen LogP contribution in [-0.4, -0.2) is 6.10 Å². The van der Waals surface area contributed by atoms with Crippen LogP contribution in [0.5, 0.6) is 0 Å². The molecule has 2 rings (SSSR count). The highest BCUT2D eigenvalue weighted by molar-refractivity contribution is 5.42. The van der Waals surface area contributed by atoms with Gasteiger partial charge in [0.25, 0.3) is 0 Å². The second kappa shape index (κ2) is 3.37. The van der Waals surface area contributed by atoms with Gasteiger partial charge in [-0.15, -0.1) is 0 Å². The Kier molecular flexibility index (Phi) is 2.33. The van der Waals surface area contributed by atoms with E-state index in [0.717, 1.165) is 0 Å². The number of nitrogens with two attached hydrogens (primary N) is 1. The van der Waals surface area contributed by atoms with Crippen molar-refractivity contribution in [1.29, 1.82) is 0 Å². The summed E-state index contributed by atoms with van der Waals surface area (Å²) in [5.74, 6) is 0. The fourth-order valence-electron chi connectivity index (χ4n) is 2.04. The lowest BCUT2D eigenvalue weighted by Gasteiger charge is -2.30. The molecular formula is C12H17NO. The van der Waals surface area contributed by atoms with Crippen molar-refractivity contribution in [3.8, 4) is 0 Å². The monoisotopic (exact) mass is 191 g/mol. The third-order valence-electron chi connectivity index (χ3n) is 3.22. The Morgan fingerprint density at radius 1 is 1.36 bits per heavy atom. The second-order valence-electron chi connectivity index (χ2n) is 4.12. The molecule has 0 aromatic heterocycles. The maximum atomic E-state index is 6.13. The van der Waals surface area contributed by atoms with Gasteiger partial charge in [0.2, 0.25) is 0 Å². The smallest absolute Gasteiger partial charge is 0.0744 e. The van der Waals surface area contributed by atoms with Gasteiger partial charge in [-0.25, -0.2) is 0 Å². The molecule has 0 bridgehead atoms. The van der Waals surface area contributed by atoms with E-state index in [9.17, 15) is 0 Å². The lowest BCUT2D eigenvalue weighted by Crippen LogP contribution is -2.32. The Labute approximate surface area is 85.1 Å². The largest absolute Gasteiger partial charge is 0.372 e. The summed E-state index contributed by atoms with van der Waals surface area (Å²) in [6, 6.07) is 4.29. The van der Waals surface area contributed by atoms with E-state index >= 15 is 0 Å². The van der Waals surface area contributed by atoms with Crippen LogP contribution in [0.4, 0.5) is 0 Å². The zero-order valence-corrected chi connectivity index (χ0v) is 9.00. The average molecular weight is 191 g/mol. The predicted octanol–water partition coefficient (Wildman–Crippen LogP) is 2.22. The molecular weight excluding hydrogens is 174 g/mol. The van der Waals surface area contributed by atoms with Gasteiger partial charge in [-0.3, -0.25) is 0 Å². The molecule has 1 aliphatic rings. The first-order chi connectivity index (χ1) is 6.61. The summed E-state index contributed by atoms with van der Waals surface area (Å²) in [6.45, 7) is 7.01. The summed E-state index contributed by atoms with van der Waals surface area (Å²) < 4.78 is 5.59. The Bertz CT molecular complexity index is 360. The molecule has 0 spiro atoms. The van der Waals surface area contributed by atoms with E-state index < -0.39 is 0 Å². The van der Waals surface area contributed by atoms with Gasteiger partial charge >= 0.3 is 0 Å². The third-order valence-corrected chi connectivity index (χ3v) is 3.22. The van der Waals surface area contributed by atoms with E-state index in [-0.39, 0.29) is 12.1 Å². The van der Waals surface area contributed by atoms with E-state index in [2.05, 4.69) is 26.0 Å². The number of rotatable bonds is 0. The van der Waals surface area contributed by atoms with Crippen molar-refractivity contribution in [2.45, 2.75) is 39.5 Å². The first kappa shape index (κ1) is 9.69. The molecule has 1 heterocycles. The molecule has 0 fully saturated rings. The SMILES string of the molecule is Cc1ccc2c(c1C)C(N)[C@H](C)OC2. The Morgan fingerprint density at radius 2 is 2.07 bits per heavy atom. The molecule has 2 heteroatoms. The summed E-state index contributed by atoms with van der Waals surface area (Å²) in [5.41, 5.74) is 11.3. The van der Waals surface area contributed by atoms with Crippen molar-refractivity contribution in [3.05, 3.63) is 34.4 Å². The summed E-state index contributed by atoms with van der Waals surface area (Å²) in [7, 11) is 0. The zero-order valence-electron chi connectivity index (χ0n) is 9.00. The summed E-state index contributed by atoms with van der Waals surface area (Å²) in [6.07, 6.45) is 0.128. The topological polar surface area (TPSA) is 35.2 Å². The molecule has 76 valence electrons. The third kappa shape index (κ3) is 1.35. The van der Waals surface area contributed by atoms with Gasteiger partial charge in [-0.2, -0.15) is 0 Å². The van der Waals surface area contributed by atoms with Crippen LogP contribution in [0.25, 0.3) is 0 Å². The minimum absolute atomic E-state index is 0.0265. The molecule has 0 amide bonds. The Morgan fingerprint density at radius 3 is 2.79 bits per heavy atom. The van der Waals surface area contributed by atoms with Gasteiger partial charge in [0, 0.05) is 0 Å². The van der Waals surface area contributed by atoms with Crippen molar-refractivity contribution in [2.24, 2.45) is 5.73 Å². The molecule has 14 heavy (non-hydrogen) atoms. The van der Waals surface area contributed by atoms with Crippen molar-refractivity contribution in [3.63, 3.8) is 0 Å². The molecule has 1 aromatic rings. The zero-order chi connectivity index (χ0) is 10.3. The minimum Gasteiger partial charge on any atom is -0.372 e. The van der Waals surface area contributed by atoms with Gasteiger partial charge in [0.05, 0.1) is 18.8 Å². The molecule has 0 saturated carbocycles. The quantitative estimate of drug-likeness (QED) is 0.682. The predicted molar refractivity (Wildman–Crippen MR) is 57.1 cm³/mol. The van der Waals surface area contributed by atoms with Crippen LogP contribution < -0.4 is 5.73 Å². The van der Waals surface area contributed by atoms with E-state index in [1.54, 1.807) is 0 Å². The first-order valence-corrected chi connectivity index (χ1v) is 5.07. The highest BCUT2D eigenvalue weighted by Gasteiger charge is 2.25. The van der Waals surface area contributed by atoms with E-state index in [4.69, 9.17) is 10.5 Å². The normalized spacial score (nSPS) is 26.0.